The molecule has 0 radical (unpaired) electrons. The smallest absolute Gasteiger partial charge is 0.220 e. The molecule has 0 bridgehead atoms. The lowest BCUT2D eigenvalue weighted by atomic mass is 10.00. The third kappa shape index (κ3) is 5.29. The molecule has 3 nitrogen and oxygen atoms in total. The van der Waals surface area contributed by atoms with Crippen LogP contribution >= 0.6 is 12.4 Å². The van der Waals surface area contributed by atoms with Gasteiger partial charge in [0.05, 0.1) is 0 Å². The minimum absolute atomic E-state index is 0. The van der Waals surface area contributed by atoms with Gasteiger partial charge >= 0.3 is 0 Å². The summed E-state index contributed by atoms with van der Waals surface area (Å²) < 4.78 is 0. The molecule has 0 aliphatic heterocycles. The van der Waals surface area contributed by atoms with Crippen molar-refractivity contribution in [3.8, 4) is 0 Å². The summed E-state index contributed by atoms with van der Waals surface area (Å²) in [6.07, 6.45) is 4.79. The van der Waals surface area contributed by atoms with E-state index >= 15 is 0 Å². The van der Waals surface area contributed by atoms with Crippen molar-refractivity contribution in [2.24, 2.45) is 11.7 Å². The predicted octanol–water partition coefficient (Wildman–Crippen LogP) is 3.41. The van der Waals surface area contributed by atoms with Crippen molar-refractivity contribution in [1.82, 2.24) is 5.32 Å². The highest BCUT2D eigenvalue weighted by atomic mass is 35.5. The molecule has 1 aliphatic carbocycles. The highest BCUT2D eigenvalue weighted by Gasteiger charge is 2.26. The van der Waals surface area contributed by atoms with E-state index in [0.717, 1.165) is 19.3 Å². The van der Waals surface area contributed by atoms with Gasteiger partial charge in [-0.15, -0.1) is 12.4 Å². The molecule has 1 aromatic carbocycles. The van der Waals surface area contributed by atoms with Gasteiger partial charge in [-0.05, 0) is 48.8 Å². The number of benzene rings is 1. The summed E-state index contributed by atoms with van der Waals surface area (Å²) in [6.45, 7) is 5.07. The lowest BCUT2D eigenvalue weighted by Gasteiger charge is -2.19. The molecule has 2 atom stereocenters. The summed E-state index contributed by atoms with van der Waals surface area (Å²) in [5.41, 5.74) is 8.33. The first-order valence-corrected chi connectivity index (χ1v) is 8.18. The molecular weight excluding hydrogens is 296 g/mol. The summed E-state index contributed by atoms with van der Waals surface area (Å²) in [6, 6.07) is 8.91. The van der Waals surface area contributed by atoms with Gasteiger partial charge in [0.15, 0.2) is 0 Å². The van der Waals surface area contributed by atoms with Crippen molar-refractivity contribution in [1.29, 1.82) is 0 Å². The van der Waals surface area contributed by atoms with Gasteiger partial charge in [0.25, 0.3) is 0 Å². The van der Waals surface area contributed by atoms with Crippen LogP contribution in [-0.4, -0.2) is 18.5 Å². The lowest BCUT2D eigenvalue weighted by molar-refractivity contribution is -0.122. The Kier molecular flexibility index (Phi) is 7.91. The number of hydrogen-bond donors (Lipinski definition) is 2. The maximum Gasteiger partial charge on any atom is 0.220 e. The lowest BCUT2D eigenvalue weighted by Crippen LogP contribution is -2.39. The van der Waals surface area contributed by atoms with Crippen LogP contribution in [0.2, 0.25) is 0 Å². The summed E-state index contributed by atoms with van der Waals surface area (Å²) in [4.78, 5) is 12.1. The Morgan fingerprint density at radius 3 is 2.55 bits per heavy atom. The fourth-order valence-electron chi connectivity index (χ4n) is 3.12. The number of nitrogens with one attached hydrogen (secondary N) is 1. The zero-order valence-corrected chi connectivity index (χ0v) is 14.5. The van der Waals surface area contributed by atoms with E-state index in [0.29, 0.717) is 30.8 Å². The maximum atomic E-state index is 12.1. The quantitative estimate of drug-likeness (QED) is 0.842. The van der Waals surface area contributed by atoms with Gasteiger partial charge in [0.1, 0.15) is 0 Å². The Labute approximate surface area is 140 Å². The van der Waals surface area contributed by atoms with E-state index in [9.17, 15) is 4.79 Å². The molecular formula is C18H29ClN2O. The molecule has 2 unspecified atom stereocenters. The van der Waals surface area contributed by atoms with E-state index < -0.39 is 0 Å². The average Bonchev–Trinajstić information content (AvgIpc) is 2.92. The fourth-order valence-corrected chi connectivity index (χ4v) is 3.12. The molecule has 1 saturated carbocycles. The van der Waals surface area contributed by atoms with Gasteiger partial charge in [0, 0.05) is 12.5 Å². The third-order valence-corrected chi connectivity index (χ3v) is 4.60. The predicted molar refractivity (Wildman–Crippen MR) is 94.4 cm³/mol. The van der Waals surface area contributed by atoms with Crippen LogP contribution in [0.25, 0.3) is 0 Å². The zero-order valence-electron chi connectivity index (χ0n) is 13.7. The topological polar surface area (TPSA) is 55.1 Å². The third-order valence-electron chi connectivity index (χ3n) is 4.60. The van der Waals surface area contributed by atoms with Crippen LogP contribution in [0.3, 0.4) is 0 Å². The molecule has 1 aromatic rings. The van der Waals surface area contributed by atoms with Crippen molar-refractivity contribution in [3.63, 3.8) is 0 Å². The molecule has 124 valence electrons. The zero-order chi connectivity index (χ0) is 15.2. The van der Waals surface area contributed by atoms with Crippen molar-refractivity contribution in [3.05, 3.63) is 35.4 Å². The maximum absolute atomic E-state index is 12.1. The Bertz CT molecular complexity index is 459. The molecule has 1 amide bonds. The van der Waals surface area contributed by atoms with Crippen molar-refractivity contribution in [2.75, 3.05) is 6.54 Å². The van der Waals surface area contributed by atoms with E-state index in [1.807, 2.05) is 0 Å². The molecule has 3 N–H and O–H groups in total. The summed E-state index contributed by atoms with van der Waals surface area (Å²) >= 11 is 0. The molecule has 22 heavy (non-hydrogen) atoms. The first-order valence-electron chi connectivity index (χ1n) is 8.18. The van der Waals surface area contributed by atoms with Crippen LogP contribution in [0.4, 0.5) is 0 Å². The summed E-state index contributed by atoms with van der Waals surface area (Å²) in [5, 5.41) is 3.16. The number of rotatable bonds is 6. The standard InChI is InChI=1S/C18H28N2O.ClH/c1-13(2)15-9-6-14(7-10-15)8-11-18(21)20-17-5-3-4-16(17)12-19;/h6-7,9-10,13,16-17H,3-5,8,11-12,19H2,1-2H3,(H,20,21);1H. The Hall–Kier alpha value is -1.06. The Balaban J connectivity index is 0.00000242. The van der Waals surface area contributed by atoms with E-state index in [-0.39, 0.29) is 18.3 Å². The molecule has 2 rings (SSSR count). The van der Waals surface area contributed by atoms with Crippen molar-refractivity contribution in [2.45, 2.75) is 57.9 Å². The Morgan fingerprint density at radius 1 is 1.27 bits per heavy atom. The van der Waals surface area contributed by atoms with Gasteiger partial charge in [-0.2, -0.15) is 0 Å². The molecule has 1 aliphatic rings. The first-order chi connectivity index (χ1) is 10.1. The number of carbonyl (C=O) groups is 1. The number of amides is 1. The number of carbonyl (C=O) groups excluding carboxylic acids is 1. The SMILES string of the molecule is CC(C)c1ccc(CCC(=O)NC2CCCC2CN)cc1.Cl. The first kappa shape index (κ1) is 19.0. The summed E-state index contributed by atoms with van der Waals surface area (Å²) in [7, 11) is 0. The van der Waals surface area contributed by atoms with Gasteiger partial charge in [0.2, 0.25) is 5.91 Å². The van der Waals surface area contributed by atoms with Crippen molar-refractivity contribution >= 4 is 18.3 Å². The monoisotopic (exact) mass is 324 g/mol. The summed E-state index contributed by atoms with van der Waals surface area (Å²) in [5.74, 6) is 1.19. The highest BCUT2D eigenvalue weighted by Crippen LogP contribution is 2.24. The second-order valence-electron chi connectivity index (χ2n) is 6.50. The van der Waals surface area contributed by atoms with Crippen LogP contribution in [0.5, 0.6) is 0 Å². The highest BCUT2D eigenvalue weighted by molar-refractivity contribution is 5.85. The molecule has 4 heteroatoms. The van der Waals surface area contributed by atoms with Crippen molar-refractivity contribution < 1.29 is 4.79 Å². The van der Waals surface area contributed by atoms with Gasteiger partial charge < -0.3 is 11.1 Å². The second kappa shape index (κ2) is 9.16. The second-order valence-corrected chi connectivity index (χ2v) is 6.50. The van der Waals surface area contributed by atoms with E-state index in [1.54, 1.807) is 0 Å². The van der Waals surface area contributed by atoms with Crippen LogP contribution in [0, 0.1) is 5.92 Å². The van der Waals surface area contributed by atoms with Crippen LogP contribution < -0.4 is 11.1 Å². The fraction of sp³-hybridized carbons (Fsp3) is 0.611. The van der Waals surface area contributed by atoms with Gasteiger partial charge in [-0.1, -0.05) is 44.5 Å². The largest absolute Gasteiger partial charge is 0.353 e. The van der Waals surface area contributed by atoms with Gasteiger partial charge in [-0.25, -0.2) is 0 Å². The molecule has 0 aromatic heterocycles. The van der Waals surface area contributed by atoms with Crippen LogP contribution in [0.15, 0.2) is 24.3 Å². The number of aryl methyl sites for hydroxylation is 1. The normalized spacial score (nSPS) is 20.7. The Morgan fingerprint density at radius 2 is 1.95 bits per heavy atom. The average molecular weight is 325 g/mol. The number of nitrogens with two attached hydrogens (primary N) is 1. The minimum Gasteiger partial charge on any atom is -0.353 e. The van der Waals surface area contributed by atoms with E-state index in [4.69, 9.17) is 5.73 Å². The molecule has 0 saturated heterocycles. The van der Waals surface area contributed by atoms with E-state index in [1.165, 1.54) is 17.5 Å². The van der Waals surface area contributed by atoms with Gasteiger partial charge in [-0.3, -0.25) is 4.79 Å². The van der Waals surface area contributed by atoms with Crippen LogP contribution in [-0.2, 0) is 11.2 Å². The molecule has 0 spiro atoms. The van der Waals surface area contributed by atoms with Crippen LogP contribution in [0.1, 0.15) is 56.6 Å². The van der Waals surface area contributed by atoms with E-state index in [2.05, 4.69) is 43.4 Å². The number of hydrogen-bond acceptors (Lipinski definition) is 2. The number of halogens is 1. The molecule has 0 heterocycles. The molecule has 1 fully saturated rings. The minimum atomic E-state index is 0.